The van der Waals surface area contributed by atoms with Crippen molar-refractivity contribution in [2.75, 3.05) is 6.61 Å². The predicted molar refractivity (Wildman–Crippen MR) is 192 cm³/mol. The first-order valence-electron chi connectivity index (χ1n) is 17.2. The molecule has 8 heteroatoms. The minimum Gasteiger partial charge on any atom is -0.461 e. The van der Waals surface area contributed by atoms with Crippen molar-refractivity contribution >= 4 is 11.9 Å². The van der Waals surface area contributed by atoms with Crippen LogP contribution in [0.5, 0.6) is 11.5 Å². The van der Waals surface area contributed by atoms with Crippen molar-refractivity contribution in [3.8, 4) is 11.5 Å². The average Bonchev–Trinajstić information content (AvgIpc) is 3.17. The van der Waals surface area contributed by atoms with E-state index in [1.807, 2.05) is 72.8 Å². The van der Waals surface area contributed by atoms with Crippen LogP contribution in [0.1, 0.15) is 45.7 Å². The number of ether oxygens (including phenoxy) is 6. The van der Waals surface area contributed by atoms with Crippen molar-refractivity contribution in [2.45, 2.75) is 51.7 Å². The molecular weight excluding hydrogens is 644 g/mol. The first-order valence-corrected chi connectivity index (χ1v) is 17.2. The summed E-state index contributed by atoms with van der Waals surface area (Å²) in [6, 6.07) is 44.1. The summed E-state index contributed by atoms with van der Waals surface area (Å²) >= 11 is 0. The summed E-state index contributed by atoms with van der Waals surface area (Å²) in [5, 5.41) is 0. The van der Waals surface area contributed by atoms with Gasteiger partial charge in [-0.1, -0.05) is 111 Å². The normalized spacial score (nSPS) is 20.0. The second-order valence-electron chi connectivity index (χ2n) is 12.7. The van der Waals surface area contributed by atoms with E-state index in [2.05, 4.69) is 13.8 Å². The van der Waals surface area contributed by atoms with Crippen LogP contribution < -0.4 is 9.47 Å². The molecule has 1 fully saturated rings. The highest BCUT2D eigenvalue weighted by molar-refractivity contribution is 5.91. The van der Waals surface area contributed by atoms with Crippen molar-refractivity contribution in [1.82, 2.24) is 0 Å². The summed E-state index contributed by atoms with van der Waals surface area (Å²) in [5.74, 6) is -0.371. The zero-order chi connectivity index (χ0) is 35.4. The van der Waals surface area contributed by atoms with Gasteiger partial charge in [-0.3, -0.25) is 0 Å². The molecule has 0 amide bonds. The number of carbonyl (C=O) groups is 2. The Labute approximate surface area is 298 Å². The minimum atomic E-state index is -1.06. The molecule has 5 aromatic carbocycles. The highest BCUT2D eigenvalue weighted by Crippen LogP contribution is 2.37. The van der Waals surface area contributed by atoms with Crippen LogP contribution >= 0.6 is 0 Å². The Bertz CT molecular complexity index is 1800. The van der Waals surface area contributed by atoms with Gasteiger partial charge in [-0.05, 0) is 65.6 Å². The Hall–Kier alpha value is -5.28. The lowest BCUT2D eigenvalue weighted by Crippen LogP contribution is -2.60. The Morgan fingerprint density at radius 2 is 1.12 bits per heavy atom. The Morgan fingerprint density at radius 3 is 1.69 bits per heavy atom. The summed E-state index contributed by atoms with van der Waals surface area (Å²) in [6.07, 6.45) is -3.09. The van der Waals surface area contributed by atoms with E-state index in [1.54, 1.807) is 72.8 Å². The lowest BCUT2D eigenvalue weighted by molar-refractivity contribution is -0.282. The van der Waals surface area contributed by atoms with Gasteiger partial charge in [0.05, 0.1) is 37.1 Å². The van der Waals surface area contributed by atoms with Crippen LogP contribution in [0.2, 0.25) is 0 Å². The fourth-order valence-electron chi connectivity index (χ4n) is 6.17. The molecule has 1 unspecified atom stereocenters. The standard InChI is InChI=1S/C43H42O8/c1-30(2)38-37(29-46-27-31-15-7-3-8-16-31)50-43(49-36-25-23-35(24-26-36)48-41(44)33-19-11-5-12-20-33)40(51-42(45)34-21-13-6-14-22-34)39(38)47-28-32-17-9-4-10-18-32/h3-26,30,37-40,43H,27-29H2,1-2H3/t37-,38-,39+,40-,43?/m1/s1. The number of hydrogen-bond donors (Lipinski definition) is 0. The molecule has 0 radical (unpaired) electrons. The van der Waals surface area contributed by atoms with Gasteiger partial charge < -0.3 is 28.4 Å². The summed E-state index contributed by atoms with van der Waals surface area (Å²) < 4.78 is 38.0. The maximum Gasteiger partial charge on any atom is 0.343 e. The summed E-state index contributed by atoms with van der Waals surface area (Å²) in [5.41, 5.74) is 2.87. The van der Waals surface area contributed by atoms with Crippen molar-refractivity contribution in [2.24, 2.45) is 11.8 Å². The van der Waals surface area contributed by atoms with E-state index >= 15 is 0 Å². The average molecular weight is 687 g/mol. The van der Waals surface area contributed by atoms with Gasteiger partial charge in [-0.25, -0.2) is 9.59 Å². The molecule has 0 aliphatic carbocycles. The molecule has 0 saturated carbocycles. The molecule has 1 aliphatic rings. The van der Waals surface area contributed by atoms with E-state index in [0.717, 1.165) is 11.1 Å². The third-order valence-corrected chi connectivity index (χ3v) is 8.71. The molecule has 5 atom stereocenters. The van der Waals surface area contributed by atoms with Crippen LogP contribution in [0.3, 0.4) is 0 Å². The van der Waals surface area contributed by atoms with E-state index in [1.165, 1.54) is 0 Å². The summed E-state index contributed by atoms with van der Waals surface area (Å²) in [6.45, 7) is 5.16. The molecule has 5 aromatic rings. The minimum absolute atomic E-state index is 0.0635. The molecule has 1 aliphatic heterocycles. The molecule has 0 N–H and O–H groups in total. The van der Waals surface area contributed by atoms with Crippen LogP contribution in [-0.4, -0.2) is 43.1 Å². The van der Waals surface area contributed by atoms with Crippen LogP contribution in [0.4, 0.5) is 0 Å². The number of benzene rings is 5. The Balaban J connectivity index is 1.28. The van der Waals surface area contributed by atoms with E-state index in [0.29, 0.717) is 35.8 Å². The van der Waals surface area contributed by atoms with Gasteiger partial charge in [0, 0.05) is 5.92 Å². The SMILES string of the molecule is CC(C)[C@H]1[C@H](OCc2ccccc2)[C@@H](OC(=O)c2ccccc2)C(Oc2ccc(OC(=O)c3ccccc3)cc2)O[C@@H]1COCc1ccccc1. The smallest absolute Gasteiger partial charge is 0.343 e. The molecule has 6 rings (SSSR count). The monoisotopic (exact) mass is 686 g/mol. The van der Waals surface area contributed by atoms with Crippen LogP contribution in [-0.2, 0) is 32.2 Å². The maximum absolute atomic E-state index is 13.6. The van der Waals surface area contributed by atoms with Gasteiger partial charge >= 0.3 is 11.9 Å². The zero-order valence-corrected chi connectivity index (χ0v) is 28.7. The predicted octanol–water partition coefficient (Wildman–Crippen LogP) is 8.31. The number of carbonyl (C=O) groups excluding carboxylic acids is 2. The Morgan fingerprint density at radius 1 is 0.608 bits per heavy atom. The first-order chi connectivity index (χ1) is 24.9. The van der Waals surface area contributed by atoms with E-state index in [4.69, 9.17) is 28.4 Å². The highest BCUT2D eigenvalue weighted by Gasteiger charge is 2.51. The second kappa shape index (κ2) is 17.6. The largest absolute Gasteiger partial charge is 0.461 e. The topological polar surface area (TPSA) is 89.5 Å². The fraction of sp³-hybridized carbons (Fsp3) is 0.256. The van der Waals surface area contributed by atoms with Crippen LogP contribution in [0, 0.1) is 11.8 Å². The number of hydrogen-bond acceptors (Lipinski definition) is 8. The van der Waals surface area contributed by atoms with Gasteiger partial charge in [0.25, 0.3) is 0 Å². The summed E-state index contributed by atoms with van der Waals surface area (Å²) in [4.78, 5) is 26.2. The van der Waals surface area contributed by atoms with Gasteiger partial charge in [0.1, 0.15) is 17.6 Å². The molecule has 262 valence electrons. The third kappa shape index (κ3) is 9.70. The van der Waals surface area contributed by atoms with Gasteiger partial charge in [0.15, 0.2) is 6.10 Å². The number of esters is 2. The van der Waals surface area contributed by atoms with E-state index in [9.17, 15) is 9.59 Å². The molecule has 1 saturated heterocycles. The van der Waals surface area contributed by atoms with Crippen molar-refractivity contribution < 1.29 is 38.0 Å². The van der Waals surface area contributed by atoms with E-state index in [-0.39, 0.29) is 18.4 Å². The molecule has 51 heavy (non-hydrogen) atoms. The lowest BCUT2D eigenvalue weighted by Gasteiger charge is -2.47. The maximum atomic E-state index is 13.6. The van der Waals surface area contributed by atoms with Gasteiger partial charge in [-0.15, -0.1) is 0 Å². The summed E-state index contributed by atoms with van der Waals surface area (Å²) in [7, 11) is 0. The third-order valence-electron chi connectivity index (χ3n) is 8.71. The molecule has 0 aromatic heterocycles. The van der Waals surface area contributed by atoms with Crippen LogP contribution in [0.15, 0.2) is 146 Å². The van der Waals surface area contributed by atoms with Crippen molar-refractivity contribution in [3.63, 3.8) is 0 Å². The van der Waals surface area contributed by atoms with Crippen molar-refractivity contribution in [1.29, 1.82) is 0 Å². The first kappa shape index (κ1) is 35.5. The molecular formula is C43H42O8. The molecule has 0 bridgehead atoms. The number of rotatable bonds is 14. The van der Waals surface area contributed by atoms with Gasteiger partial charge in [0.2, 0.25) is 6.29 Å². The van der Waals surface area contributed by atoms with Gasteiger partial charge in [-0.2, -0.15) is 0 Å². The molecule has 0 spiro atoms. The highest BCUT2D eigenvalue weighted by atomic mass is 16.7. The molecule has 1 heterocycles. The zero-order valence-electron chi connectivity index (χ0n) is 28.7. The van der Waals surface area contributed by atoms with Crippen molar-refractivity contribution in [3.05, 3.63) is 168 Å². The second-order valence-corrected chi connectivity index (χ2v) is 12.7. The fourth-order valence-corrected chi connectivity index (χ4v) is 6.17. The van der Waals surface area contributed by atoms with Crippen LogP contribution in [0.25, 0.3) is 0 Å². The lowest BCUT2D eigenvalue weighted by atomic mass is 9.80. The Kier molecular flexibility index (Phi) is 12.3. The molecule has 8 nitrogen and oxygen atoms in total. The quantitative estimate of drug-likeness (QED) is 0.0852. The van der Waals surface area contributed by atoms with E-state index < -0.39 is 36.5 Å².